The number of nitrogens with zero attached hydrogens (tertiary/aromatic N) is 1. The van der Waals surface area contributed by atoms with Gasteiger partial charge in [-0.2, -0.15) is 0 Å². The van der Waals surface area contributed by atoms with E-state index < -0.39 is 5.97 Å². The van der Waals surface area contributed by atoms with Crippen molar-refractivity contribution in [1.82, 2.24) is 4.98 Å². The maximum atomic E-state index is 11.3. The molecule has 1 aromatic heterocycles. The second-order valence-electron chi connectivity index (χ2n) is 5.71. The molecule has 0 amide bonds. The Morgan fingerprint density at radius 3 is 2.39 bits per heavy atom. The van der Waals surface area contributed by atoms with Gasteiger partial charge in [0.05, 0.1) is 26.3 Å². The van der Waals surface area contributed by atoms with Crippen LogP contribution in [-0.2, 0) is 11.2 Å². The molecule has 0 radical (unpaired) electrons. The smallest absolute Gasteiger partial charge is 0.308 e. The minimum Gasteiger partial charge on any atom is -0.493 e. The quantitative estimate of drug-likeness (QED) is 0.506. The molecule has 9 heteroatoms. The lowest BCUT2D eigenvalue weighted by molar-refractivity contribution is -0.136. The molecule has 0 aliphatic heterocycles. The monoisotopic (exact) mass is 438 g/mol. The molecule has 3 aromatic rings. The maximum Gasteiger partial charge on any atom is 0.308 e. The van der Waals surface area contributed by atoms with Gasteiger partial charge in [0.2, 0.25) is 0 Å². The first-order chi connectivity index (χ1) is 13.4. The normalized spacial score (nSPS) is 10.6. The summed E-state index contributed by atoms with van der Waals surface area (Å²) < 4.78 is 10.6. The fourth-order valence-corrected chi connectivity index (χ4v) is 4.14. The van der Waals surface area contributed by atoms with Gasteiger partial charge < -0.3 is 19.9 Å². The molecule has 0 saturated heterocycles. The molecule has 0 atom stereocenters. The first-order valence-electron chi connectivity index (χ1n) is 8.06. The minimum atomic E-state index is -0.942. The Labute approximate surface area is 175 Å². The Kier molecular flexibility index (Phi) is 6.28. The summed E-state index contributed by atoms with van der Waals surface area (Å²) in [5.41, 5.74) is 1.94. The number of carboxylic acid groups (broad SMARTS) is 1. The van der Waals surface area contributed by atoms with Crippen molar-refractivity contribution in [3.63, 3.8) is 0 Å². The maximum absolute atomic E-state index is 11.3. The van der Waals surface area contributed by atoms with Crippen molar-refractivity contribution in [1.29, 1.82) is 0 Å². The zero-order valence-electron chi connectivity index (χ0n) is 15.0. The summed E-state index contributed by atoms with van der Waals surface area (Å²) in [4.78, 5) is 16.5. The van der Waals surface area contributed by atoms with Gasteiger partial charge in [-0.1, -0.05) is 23.2 Å². The number of rotatable bonds is 7. The average Bonchev–Trinajstić information content (AvgIpc) is 3.01. The minimum absolute atomic E-state index is 0.153. The molecule has 6 nitrogen and oxygen atoms in total. The van der Waals surface area contributed by atoms with Gasteiger partial charge in [0.15, 0.2) is 16.6 Å². The van der Waals surface area contributed by atoms with Gasteiger partial charge in [0, 0.05) is 26.2 Å². The van der Waals surface area contributed by atoms with Crippen LogP contribution >= 0.6 is 34.5 Å². The van der Waals surface area contributed by atoms with Gasteiger partial charge in [-0.3, -0.25) is 4.79 Å². The van der Waals surface area contributed by atoms with Crippen LogP contribution in [0.2, 0.25) is 10.0 Å². The number of aliphatic carboxylic acids is 1. The summed E-state index contributed by atoms with van der Waals surface area (Å²) in [7, 11) is 3.09. The molecule has 28 heavy (non-hydrogen) atoms. The zero-order valence-corrected chi connectivity index (χ0v) is 17.3. The van der Waals surface area contributed by atoms with E-state index in [2.05, 4.69) is 10.3 Å². The second kappa shape index (κ2) is 8.68. The standard InChI is InChI=1S/C19H16Cl2N2O4S/c1-26-14-4-3-10(5-15(14)27-2)18-16(9-17(24)25)28-19(23-18)22-13-7-11(20)6-12(21)8-13/h3-8H,9H2,1-2H3,(H,22,23)(H,24,25). The van der Waals surface area contributed by atoms with E-state index in [1.54, 1.807) is 37.4 Å². The molecule has 0 saturated carbocycles. The van der Waals surface area contributed by atoms with E-state index >= 15 is 0 Å². The predicted molar refractivity (Wildman–Crippen MR) is 112 cm³/mol. The molecule has 0 aliphatic rings. The van der Waals surface area contributed by atoms with Crippen LogP contribution in [0.4, 0.5) is 10.8 Å². The number of anilines is 2. The van der Waals surface area contributed by atoms with Crippen molar-refractivity contribution in [3.8, 4) is 22.8 Å². The second-order valence-corrected chi connectivity index (χ2v) is 7.67. The number of carboxylic acids is 1. The van der Waals surface area contributed by atoms with Crippen molar-refractivity contribution in [2.24, 2.45) is 0 Å². The van der Waals surface area contributed by atoms with Crippen LogP contribution in [0.1, 0.15) is 4.88 Å². The summed E-state index contributed by atoms with van der Waals surface area (Å²) in [6, 6.07) is 10.4. The van der Waals surface area contributed by atoms with E-state index in [1.165, 1.54) is 18.4 Å². The van der Waals surface area contributed by atoms with Crippen LogP contribution in [0.15, 0.2) is 36.4 Å². The molecule has 2 aromatic carbocycles. The van der Waals surface area contributed by atoms with E-state index in [0.29, 0.717) is 42.9 Å². The highest BCUT2D eigenvalue weighted by Crippen LogP contribution is 2.37. The molecule has 0 fully saturated rings. The van der Waals surface area contributed by atoms with Crippen LogP contribution in [-0.4, -0.2) is 30.3 Å². The zero-order chi connectivity index (χ0) is 20.3. The molecule has 0 unspecified atom stereocenters. The van der Waals surface area contributed by atoms with Crippen LogP contribution in [0.3, 0.4) is 0 Å². The topological polar surface area (TPSA) is 80.7 Å². The number of hydrogen-bond donors (Lipinski definition) is 2. The molecule has 2 N–H and O–H groups in total. The summed E-state index contributed by atoms with van der Waals surface area (Å²) in [5, 5.41) is 13.9. The molecule has 0 aliphatic carbocycles. The summed E-state index contributed by atoms with van der Waals surface area (Å²) in [5.74, 6) is 0.168. The first-order valence-corrected chi connectivity index (χ1v) is 9.64. The number of nitrogens with one attached hydrogen (secondary N) is 1. The van der Waals surface area contributed by atoms with Crippen LogP contribution in [0, 0.1) is 0 Å². The summed E-state index contributed by atoms with van der Waals surface area (Å²) >= 11 is 13.3. The molecular weight excluding hydrogens is 423 g/mol. The largest absolute Gasteiger partial charge is 0.493 e. The van der Waals surface area contributed by atoms with Crippen molar-refractivity contribution >= 4 is 51.3 Å². The van der Waals surface area contributed by atoms with E-state index in [4.69, 9.17) is 32.7 Å². The highest BCUT2D eigenvalue weighted by atomic mass is 35.5. The van der Waals surface area contributed by atoms with E-state index in [-0.39, 0.29) is 6.42 Å². The molecule has 146 valence electrons. The van der Waals surface area contributed by atoms with Crippen LogP contribution < -0.4 is 14.8 Å². The van der Waals surface area contributed by atoms with E-state index in [9.17, 15) is 9.90 Å². The molecule has 0 spiro atoms. The summed E-state index contributed by atoms with van der Waals surface area (Å²) in [6.07, 6.45) is -0.153. The van der Waals surface area contributed by atoms with Crippen molar-refractivity contribution in [2.75, 3.05) is 19.5 Å². The molecule has 0 bridgehead atoms. The predicted octanol–water partition coefficient (Wildman–Crippen LogP) is 5.50. The van der Waals surface area contributed by atoms with E-state index in [1.807, 2.05) is 6.07 Å². The van der Waals surface area contributed by atoms with Gasteiger partial charge in [-0.25, -0.2) is 4.98 Å². The Morgan fingerprint density at radius 2 is 1.79 bits per heavy atom. The van der Waals surface area contributed by atoms with Gasteiger partial charge in [0.1, 0.15) is 0 Å². The average molecular weight is 439 g/mol. The highest BCUT2D eigenvalue weighted by molar-refractivity contribution is 7.16. The number of thiazole rings is 1. The highest BCUT2D eigenvalue weighted by Gasteiger charge is 2.18. The fraction of sp³-hybridized carbons (Fsp3) is 0.158. The third kappa shape index (κ3) is 4.67. The number of carbonyl (C=O) groups is 1. The van der Waals surface area contributed by atoms with Crippen LogP contribution in [0.5, 0.6) is 11.5 Å². The third-order valence-corrected chi connectivity index (χ3v) is 5.19. The van der Waals surface area contributed by atoms with E-state index in [0.717, 1.165) is 5.56 Å². The lowest BCUT2D eigenvalue weighted by atomic mass is 10.1. The van der Waals surface area contributed by atoms with Crippen molar-refractivity contribution in [2.45, 2.75) is 6.42 Å². The van der Waals surface area contributed by atoms with Crippen molar-refractivity contribution in [3.05, 3.63) is 51.3 Å². The SMILES string of the molecule is COc1ccc(-c2nc(Nc3cc(Cl)cc(Cl)c3)sc2CC(=O)O)cc1OC. The Hall–Kier alpha value is -2.48. The van der Waals surface area contributed by atoms with Crippen molar-refractivity contribution < 1.29 is 19.4 Å². The van der Waals surface area contributed by atoms with Crippen LogP contribution in [0.25, 0.3) is 11.3 Å². The number of methoxy groups -OCH3 is 2. The Morgan fingerprint density at radius 1 is 1.11 bits per heavy atom. The number of halogens is 2. The van der Waals surface area contributed by atoms with Gasteiger partial charge in [-0.05, 0) is 36.4 Å². The fourth-order valence-electron chi connectivity index (χ4n) is 2.62. The summed E-state index contributed by atoms with van der Waals surface area (Å²) in [6.45, 7) is 0. The van der Waals surface area contributed by atoms with Gasteiger partial charge in [0.25, 0.3) is 0 Å². The number of ether oxygens (including phenoxy) is 2. The first kappa shape index (κ1) is 20.3. The molecule has 3 rings (SSSR count). The Bertz CT molecular complexity index is 1000. The number of benzene rings is 2. The molecular formula is C19H16Cl2N2O4S. The number of aromatic nitrogens is 1. The van der Waals surface area contributed by atoms with Gasteiger partial charge in [-0.15, -0.1) is 11.3 Å². The number of hydrogen-bond acceptors (Lipinski definition) is 6. The lowest BCUT2D eigenvalue weighted by Crippen LogP contribution is -1.99. The third-order valence-electron chi connectivity index (χ3n) is 3.78. The Balaban J connectivity index is 2.01. The van der Waals surface area contributed by atoms with Gasteiger partial charge >= 0.3 is 5.97 Å². The lowest BCUT2D eigenvalue weighted by Gasteiger charge is -2.09. The molecule has 1 heterocycles.